The van der Waals surface area contributed by atoms with Crippen LogP contribution in [-0.2, 0) is 4.74 Å². The van der Waals surface area contributed by atoms with Gasteiger partial charge in [-0.05, 0) is 39.5 Å². The maximum atomic E-state index is 12.0. The highest BCUT2D eigenvalue weighted by atomic mass is 16.6. The number of rotatable bonds is 2. The quantitative estimate of drug-likeness (QED) is 0.905. The number of amides is 1. The van der Waals surface area contributed by atoms with Crippen molar-refractivity contribution in [3.05, 3.63) is 17.7 Å². The van der Waals surface area contributed by atoms with Crippen LogP contribution in [0.4, 0.5) is 4.79 Å². The summed E-state index contributed by atoms with van der Waals surface area (Å²) in [6, 6.07) is 0. The van der Waals surface area contributed by atoms with E-state index in [0.29, 0.717) is 11.8 Å². The summed E-state index contributed by atoms with van der Waals surface area (Å²) in [6.07, 6.45) is 3.66. The van der Waals surface area contributed by atoms with Gasteiger partial charge in [0.1, 0.15) is 11.4 Å². The zero-order chi connectivity index (χ0) is 15.6. The van der Waals surface area contributed by atoms with Crippen LogP contribution in [-0.4, -0.2) is 39.7 Å². The van der Waals surface area contributed by atoms with Gasteiger partial charge < -0.3 is 14.6 Å². The molecule has 5 heteroatoms. The molecule has 1 aromatic rings. The van der Waals surface area contributed by atoms with Gasteiger partial charge in [0.15, 0.2) is 0 Å². The number of imidazole rings is 1. The summed E-state index contributed by atoms with van der Waals surface area (Å²) in [6.45, 7) is 11.4. The summed E-state index contributed by atoms with van der Waals surface area (Å²) in [5.41, 5.74) is 0.681. The van der Waals surface area contributed by atoms with E-state index in [1.165, 1.54) is 0 Å². The number of nitrogens with zero attached hydrogens (tertiary/aromatic N) is 2. The first kappa shape index (κ1) is 15.9. The molecule has 2 rings (SSSR count). The minimum Gasteiger partial charge on any atom is -0.444 e. The smallest absolute Gasteiger partial charge is 0.410 e. The molecule has 21 heavy (non-hydrogen) atoms. The van der Waals surface area contributed by atoms with Crippen LogP contribution < -0.4 is 0 Å². The highest BCUT2D eigenvalue weighted by molar-refractivity contribution is 5.68. The second kappa shape index (κ2) is 6.08. The van der Waals surface area contributed by atoms with Gasteiger partial charge >= 0.3 is 6.09 Å². The van der Waals surface area contributed by atoms with E-state index >= 15 is 0 Å². The topological polar surface area (TPSA) is 58.2 Å². The molecule has 5 nitrogen and oxygen atoms in total. The maximum absolute atomic E-state index is 12.0. The highest BCUT2D eigenvalue weighted by Gasteiger charge is 2.28. The molecule has 0 atom stereocenters. The number of aromatic amines is 1. The zero-order valence-electron chi connectivity index (χ0n) is 13.8. The van der Waals surface area contributed by atoms with Crippen molar-refractivity contribution in [3.63, 3.8) is 0 Å². The second-order valence-corrected chi connectivity index (χ2v) is 7.11. The molecule has 0 spiro atoms. The van der Waals surface area contributed by atoms with Crippen molar-refractivity contribution in [3.8, 4) is 0 Å². The Bertz CT molecular complexity index is 480. The van der Waals surface area contributed by atoms with Gasteiger partial charge in [-0.2, -0.15) is 0 Å². The lowest BCUT2D eigenvalue weighted by atomic mass is 9.96. The van der Waals surface area contributed by atoms with Gasteiger partial charge in [-0.3, -0.25) is 0 Å². The van der Waals surface area contributed by atoms with Crippen molar-refractivity contribution in [2.45, 2.75) is 64.9 Å². The number of H-pyrrole nitrogens is 1. The van der Waals surface area contributed by atoms with E-state index in [-0.39, 0.29) is 6.09 Å². The van der Waals surface area contributed by atoms with Crippen molar-refractivity contribution < 1.29 is 9.53 Å². The first-order valence-corrected chi connectivity index (χ1v) is 7.79. The number of hydrogen-bond acceptors (Lipinski definition) is 3. The van der Waals surface area contributed by atoms with Crippen molar-refractivity contribution >= 4 is 6.09 Å². The van der Waals surface area contributed by atoms with E-state index in [2.05, 4.69) is 23.8 Å². The lowest BCUT2D eigenvalue weighted by Crippen LogP contribution is -2.41. The van der Waals surface area contributed by atoms with Gasteiger partial charge in [-0.1, -0.05) is 13.8 Å². The maximum Gasteiger partial charge on any atom is 0.410 e. The summed E-state index contributed by atoms with van der Waals surface area (Å²) in [5, 5.41) is 0. The lowest BCUT2D eigenvalue weighted by molar-refractivity contribution is 0.0203. The Kier molecular flexibility index (Phi) is 4.59. The monoisotopic (exact) mass is 293 g/mol. The van der Waals surface area contributed by atoms with Crippen LogP contribution in [0.1, 0.15) is 70.8 Å². The van der Waals surface area contributed by atoms with Gasteiger partial charge in [0.2, 0.25) is 0 Å². The number of carbonyl (C=O) groups is 1. The predicted octanol–water partition coefficient (Wildman–Crippen LogP) is 3.65. The van der Waals surface area contributed by atoms with Crippen LogP contribution in [0.5, 0.6) is 0 Å². The van der Waals surface area contributed by atoms with Crippen molar-refractivity contribution in [1.29, 1.82) is 0 Å². The Morgan fingerprint density at radius 1 is 1.38 bits per heavy atom. The van der Waals surface area contributed by atoms with E-state index in [1.54, 1.807) is 4.90 Å². The van der Waals surface area contributed by atoms with Crippen molar-refractivity contribution in [1.82, 2.24) is 14.9 Å². The fourth-order valence-electron chi connectivity index (χ4n) is 2.52. The summed E-state index contributed by atoms with van der Waals surface area (Å²) in [4.78, 5) is 21.8. The molecule has 0 saturated carbocycles. The molecule has 0 bridgehead atoms. The molecule has 1 aliphatic heterocycles. The minimum atomic E-state index is -0.429. The van der Waals surface area contributed by atoms with E-state index < -0.39 is 5.60 Å². The molecule has 2 heterocycles. The van der Waals surface area contributed by atoms with E-state index in [0.717, 1.165) is 37.4 Å². The third kappa shape index (κ3) is 4.22. The molecule has 1 N–H and O–H groups in total. The molecule has 0 aliphatic carbocycles. The number of carbonyl (C=O) groups excluding carboxylic acids is 1. The van der Waals surface area contributed by atoms with Crippen molar-refractivity contribution in [2.75, 3.05) is 13.1 Å². The van der Waals surface area contributed by atoms with Gasteiger partial charge in [0.05, 0.1) is 5.69 Å². The molecule has 1 fully saturated rings. The van der Waals surface area contributed by atoms with Crippen LogP contribution in [0.25, 0.3) is 0 Å². The summed E-state index contributed by atoms with van der Waals surface area (Å²) in [7, 11) is 0. The third-order valence-corrected chi connectivity index (χ3v) is 3.74. The van der Waals surface area contributed by atoms with Crippen LogP contribution in [0.15, 0.2) is 6.20 Å². The van der Waals surface area contributed by atoms with Crippen LogP contribution in [0.3, 0.4) is 0 Å². The van der Waals surface area contributed by atoms with Gasteiger partial charge in [0.25, 0.3) is 0 Å². The van der Waals surface area contributed by atoms with E-state index in [1.807, 2.05) is 27.0 Å². The summed E-state index contributed by atoms with van der Waals surface area (Å²) >= 11 is 0. The molecule has 1 aromatic heterocycles. The first-order valence-electron chi connectivity index (χ1n) is 7.79. The number of ether oxygens (including phenoxy) is 1. The Morgan fingerprint density at radius 2 is 2.00 bits per heavy atom. The van der Waals surface area contributed by atoms with Gasteiger partial charge in [-0.15, -0.1) is 0 Å². The Balaban J connectivity index is 1.89. The number of aromatic nitrogens is 2. The molecule has 1 amide bonds. The molecule has 0 aromatic carbocycles. The molecule has 118 valence electrons. The Hall–Kier alpha value is -1.52. The zero-order valence-corrected chi connectivity index (χ0v) is 13.8. The molecule has 0 radical (unpaired) electrons. The van der Waals surface area contributed by atoms with E-state index in [4.69, 9.17) is 4.74 Å². The predicted molar refractivity (Wildman–Crippen MR) is 82.5 cm³/mol. The van der Waals surface area contributed by atoms with Gasteiger partial charge in [0, 0.05) is 25.2 Å². The summed E-state index contributed by atoms with van der Waals surface area (Å²) < 4.78 is 5.42. The normalized spacial score (nSPS) is 17.3. The summed E-state index contributed by atoms with van der Waals surface area (Å²) in [5.74, 6) is 1.91. The van der Waals surface area contributed by atoms with Crippen LogP contribution in [0.2, 0.25) is 0 Å². The molecule has 1 aliphatic rings. The fourth-order valence-corrected chi connectivity index (χ4v) is 2.52. The van der Waals surface area contributed by atoms with E-state index in [9.17, 15) is 4.79 Å². The standard InChI is InChI=1S/C16H27N3O2/c1-11(2)13-10-17-14(18-13)12-6-8-19(9-7-12)15(20)21-16(3,4)5/h10-12H,6-9H2,1-5H3,(H,17,18). The van der Waals surface area contributed by atoms with Crippen LogP contribution in [0, 0.1) is 0 Å². The molecule has 1 saturated heterocycles. The molecular formula is C16H27N3O2. The number of piperidine rings is 1. The largest absolute Gasteiger partial charge is 0.444 e. The van der Waals surface area contributed by atoms with Crippen molar-refractivity contribution in [2.24, 2.45) is 0 Å². The van der Waals surface area contributed by atoms with Gasteiger partial charge in [-0.25, -0.2) is 9.78 Å². The Labute approximate surface area is 127 Å². The SMILES string of the molecule is CC(C)c1c[nH]c(C2CCN(C(=O)OC(C)(C)C)CC2)n1. The first-order chi connectivity index (χ1) is 9.76. The highest BCUT2D eigenvalue weighted by Crippen LogP contribution is 2.27. The number of nitrogens with one attached hydrogen (secondary N) is 1. The average molecular weight is 293 g/mol. The fraction of sp³-hybridized carbons (Fsp3) is 0.750. The molecule has 0 unspecified atom stereocenters. The average Bonchev–Trinajstić information content (AvgIpc) is 2.86. The Morgan fingerprint density at radius 3 is 2.48 bits per heavy atom. The molecular weight excluding hydrogens is 266 g/mol. The minimum absolute atomic E-state index is 0.205. The number of hydrogen-bond donors (Lipinski definition) is 1. The second-order valence-electron chi connectivity index (χ2n) is 7.11. The number of likely N-dealkylation sites (tertiary alicyclic amines) is 1. The third-order valence-electron chi connectivity index (χ3n) is 3.74. The lowest BCUT2D eigenvalue weighted by Gasteiger charge is -2.32. The van der Waals surface area contributed by atoms with Crippen LogP contribution >= 0.6 is 0 Å².